The highest BCUT2D eigenvalue weighted by molar-refractivity contribution is 5.78. The molecule has 2 atom stereocenters. The lowest BCUT2D eigenvalue weighted by molar-refractivity contribution is -0.123. The second-order valence-corrected chi connectivity index (χ2v) is 5.74. The summed E-state index contributed by atoms with van der Waals surface area (Å²) in [6.45, 7) is 3.38. The summed E-state index contributed by atoms with van der Waals surface area (Å²) < 4.78 is 21.8. The zero-order valence-electron chi connectivity index (χ0n) is 13.8. The fourth-order valence-electron chi connectivity index (χ4n) is 2.21. The first-order valence-corrected chi connectivity index (χ1v) is 8.11. The van der Waals surface area contributed by atoms with Crippen molar-refractivity contribution in [3.63, 3.8) is 0 Å². The molecule has 2 unspecified atom stereocenters. The number of hydrogen-bond acceptors (Lipinski definition) is 6. The number of nitrogens with two attached hydrogens (primary N) is 1. The standard InChI is InChI=1S/C17H25NO6/c1-12(17(18)20)24-16-4-2-14(3-5-16)22-10-13(19)11-23-15-6-8-21-9-7-15/h2-5,12-13,15,19H,6-11H2,1H3,(H2,18,20). The highest BCUT2D eigenvalue weighted by atomic mass is 16.5. The Labute approximate surface area is 141 Å². The van der Waals surface area contributed by atoms with Crippen molar-refractivity contribution in [2.24, 2.45) is 5.73 Å². The van der Waals surface area contributed by atoms with E-state index in [2.05, 4.69) is 0 Å². The van der Waals surface area contributed by atoms with Crippen LogP contribution in [0.25, 0.3) is 0 Å². The Hall–Kier alpha value is -1.83. The summed E-state index contributed by atoms with van der Waals surface area (Å²) in [5, 5.41) is 9.92. The van der Waals surface area contributed by atoms with Gasteiger partial charge in [0.2, 0.25) is 0 Å². The van der Waals surface area contributed by atoms with E-state index < -0.39 is 18.1 Å². The van der Waals surface area contributed by atoms with Crippen molar-refractivity contribution in [1.82, 2.24) is 0 Å². The summed E-state index contributed by atoms with van der Waals surface area (Å²) in [5.41, 5.74) is 5.14. The van der Waals surface area contributed by atoms with Crippen LogP contribution in [0, 0.1) is 0 Å². The summed E-state index contributed by atoms with van der Waals surface area (Å²) in [6.07, 6.45) is 0.481. The van der Waals surface area contributed by atoms with E-state index in [9.17, 15) is 9.90 Å². The normalized spacial score (nSPS) is 17.9. The molecule has 0 saturated carbocycles. The van der Waals surface area contributed by atoms with E-state index in [1.54, 1.807) is 31.2 Å². The maximum absolute atomic E-state index is 10.9. The summed E-state index contributed by atoms with van der Waals surface area (Å²) in [5.74, 6) is 0.597. The molecule has 1 aromatic rings. The van der Waals surface area contributed by atoms with Crippen molar-refractivity contribution in [1.29, 1.82) is 0 Å². The molecule has 0 radical (unpaired) electrons. The molecule has 1 amide bonds. The third-order valence-electron chi connectivity index (χ3n) is 3.67. The van der Waals surface area contributed by atoms with Gasteiger partial charge in [-0.3, -0.25) is 4.79 Å². The Balaban J connectivity index is 1.68. The minimum atomic E-state index is -0.696. The highest BCUT2D eigenvalue weighted by Crippen LogP contribution is 2.19. The summed E-state index contributed by atoms with van der Waals surface area (Å²) >= 11 is 0. The van der Waals surface area contributed by atoms with Crippen molar-refractivity contribution >= 4 is 5.91 Å². The lowest BCUT2D eigenvalue weighted by Crippen LogP contribution is -2.30. The Morgan fingerprint density at radius 1 is 1.25 bits per heavy atom. The van der Waals surface area contributed by atoms with Crippen LogP contribution >= 0.6 is 0 Å². The van der Waals surface area contributed by atoms with E-state index in [1.165, 1.54) is 0 Å². The second kappa shape index (κ2) is 9.46. The molecule has 0 bridgehead atoms. The predicted molar refractivity (Wildman–Crippen MR) is 87.0 cm³/mol. The maximum atomic E-state index is 10.9. The molecule has 1 aliphatic rings. The van der Waals surface area contributed by atoms with E-state index in [0.717, 1.165) is 12.8 Å². The van der Waals surface area contributed by atoms with Gasteiger partial charge in [-0.05, 0) is 44.0 Å². The summed E-state index contributed by atoms with van der Waals surface area (Å²) in [4.78, 5) is 10.9. The van der Waals surface area contributed by atoms with Crippen LogP contribution < -0.4 is 15.2 Å². The second-order valence-electron chi connectivity index (χ2n) is 5.74. The smallest absolute Gasteiger partial charge is 0.258 e. The van der Waals surface area contributed by atoms with Gasteiger partial charge in [0.15, 0.2) is 6.10 Å². The molecule has 7 heteroatoms. The van der Waals surface area contributed by atoms with Crippen molar-refractivity contribution in [2.45, 2.75) is 38.1 Å². The van der Waals surface area contributed by atoms with Crippen molar-refractivity contribution < 1.29 is 28.8 Å². The minimum absolute atomic E-state index is 0.140. The van der Waals surface area contributed by atoms with Crippen LogP contribution in [-0.4, -0.2) is 55.8 Å². The highest BCUT2D eigenvalue weighted by Gasteiger charge is 2.16. The average Bonchev–Trinajstić information content (AvgIpc) is 2.60. The molecule has 1 heterocycles. The van der Waals surface area contributed by atoms with Crippen LogP contribution in [0.4, 0.5) is 0 Å². The quantitative estimate of drug-likeness (QED) is 0.692. The van der Waals surface area contributed by atoms with Gasteiger partial charge in [-0.25, -0.2) is 0 Å². The number of primary amides is 1. The Bertz CT molecular complexity index is 500. The van der Waals surface area contributed by atoms with Gasteiger partial charge >= 0.3 is 0 Å². The lowest BCUT2D eigenvalue weighted by atomic mass is 10.1. The largest absolute Gasteiger partial charge is 0.491 e. The van der Waals surface area contributed by atoms with Gasteiger partial charge in [-0.1, -0.05) is 0 Å². The van der Waals surface area contributed by atoms with Crippen LogP contribution in [0.2, 0.25) is 0 Å². The molecule has 1 fully saturated rings. The molecule has 1 aliphatic heterocycles. The molecule has 0 aliphatic carbocycles. The fourth-order valence-corrected chi connectivity index (χ4v) is 2.21. The molecular formula is C17H25NO6. The van der Waals surface area contributed by atoms with Crippen molar-refractivity contribution in [3.8, 4) is 11.5 Å². The Morgan fingerprint density at radius 3 is 2.50 bits per heavy atom. The predicted octanol–water partition coefficient (Wildman–Crippen LogP) is 0.874. The van der Waals surface area contributed by atoms with E-state index in [1.807, 2.05) is 0 Å². The zero-order chi connectivity index (χ0) is 17.4. The van der Waals surface area contributed by atoms with Gasteiger partial charge in [0.25, 0.3) is 5.91 Å². The van der Waals surface area contributed by atoms with Crippen LogP contribution in [0.5, 0.6) is 11.5 Å². The Kier molecular flexibility index (Phi) is 7.30. The molecule has 1 saturated heterocycles. The summed E-state index contributed by atoms with van der Waals surface area (Å²) in [6, 6.07) is 6.77. The molecule has 0 aromatic heterocycles. The third-order valence-corrected chi connectivity index (χ3v) is 3.67. The number of amides is 1. The molecule has 3 N–H and O–H groups in total. The lowest BCUT2D eigenvalue weighted by Gasteiger charge is -2.23. The van der Waals surface area contributed by atoms with Crippen molar-refractivity contribution in [2.75, 3.05) is 26.4 Å². The molecule has 1 aromatic carbocycles. The van der Waals surface area contributed by atoms with Crippen molar-refractivity contribution in [3.05, 3.63) is 24.3 Å². The maximum Gasteiger partial charge on any atom is 0.258 e. The average molecular weight is 339 g/mol. The number of rotatable bonds is 9. The summed E-state index contributed by atoms with van der Waals surface area (Å²) in [7, 11) is 0. The molecular weight excluding hydrogens is 314 g/mol. The van der Waals surface area contributed by atoms with Gasteiger partial charge in [0.1, 0.15) is 24.2 Å². The number of carbonyl (C=O) groups is 1. The van der Waals surface area contributed by atoms with E-state index in [4.69, 9.17) is 24.7 Å². The number of hydrogen-bond donors (Lipinski definition) is 2. The van der Waals surface area contributed by atoms with E-state index >= 15 is 0 Å². The number of aliphatic hydroxyl groups is 1. The zero-order valence-corrected chi connectivity index (χ0v) is 13.8. The number of ether oxygens (including phenoxy) is 4. The van der Waals surface area contributed by atoms with Gasteiger partial charge in [0, 0.05) is 13.2 Å². The molecule has 134 valence electrons. The van der Waals surface area contributed by atoms with E-state index in [-0.39, 0.29) is 19.3 Å². The van der Waals surface area contributed by atoms with Crippen LogP contribution in [0.3, 0.4) is 0 Å². The molecule has 7 nitrogen and oxygen atoms in total. The van der Waals surface area contributed by atoms with E-state index in [0.29, 0.717) is 24.7 Å². The fraction of sp³-hybridized carbons (Fsp3) is 0.588. The molecule has 2 rings (SSSR count). The third kappa shape index (κ3) is 6.35. The number of aliphatic hydroxyl groups excluding tert-OH is 1. The SMILES string of the molecule is CC(Oc1ccc(OCC(O)COC2CCOCC2)cc1)C(N)=O. The monoisotopic (exact) mass is 339 g/mol. The van der Waals surface area contributed by atoms with Gasteiger partial charge in [-0.15, -0.1) is 0 Å². The van der Waals surface area contributed by atoms with Crippen LogP contribution in [-0.2, 0) is 14.3 Å². The first-order valence-electron chi connectivity index (χ1n) is 8.11. The number of carbonyl (C=O) groups excluding carboxylic acids is 1. The minimum Gasteiger partial charge on any atom is -0.491 e. The topological polar surface area (TPSA) is 100 Å². The van der Waals surface area contributed by atoms with Gasteiger partial charge in [0.05, 0.1) is 12.7 Å². The number of benzene rings is 1. The van der Waals surface area contributed by atoms with Crippen LogP contribution in [0.15, 0.2) is 24.3 Å². The first-order chi connectivity index (χ1) is 11.5. The molecule has 24 heavy (non-hydrogen) atoms. The first kappa shape index (κ1) is 18.5. The Morgan fingerprint density at radius 2 is 1.88 bits per heavy atom. The van der Waals surface area contributed by atoms with Gasteiger partial charge < -0.3 is 29.8 Å². The van der Waals surface area contributed by atoms with Gasteiger partial charge in [-0.2, -0.15) is 0 Å². The molecule has 0 spiro atoms. The van der Waals surface area contributed by atoms with Crippen LogP contribution in [0.1, 0.15) is 19.8 Å².